The van der Waals surface area contributed by atoms with Gasteiger partial charge in [0.05, 0.1) is 12.6 Å². The Labute approximate surface area is 131 Å². The van der Waals surface area contributed by atoms with Gasteiger partial charge in [-0.2, -0.15) is 0 Å². The van der Waals surface area contributed by atoms with E-state index in [0.29, 0.717) is 5.69 Å². The molecule has 0 aliphatic rings. The molecule has 21 heavy (non-hydrogen) atoms. The third-order valence-corrected chi connectivity index (χ3v) is 3.61. The Morgan fingerprint density at radius 2 is 2.00 bits per heavy atom. The van der Waals surface area contributed by atoms with E-state index in [1.165, 1.54) is 0 Å². The number of rotatable bonds is 3. The van der Waals surface area contributed by atoms with Crippen molar-refractivity contribution in [3.05, 3.63) is 53.1 Å². The number of nitrogens with two attached hydrogens (primary N) is 1. The second-order valence-electron chi connectivity index (χ2n) is 4.64. The molecule has 2 aromatic carbocycles. The predicted molar refractivity (Wildman–Crippen MR) is 90.1 cm³/mol. The Kier molecular flexibility index (Phi) is 3.66. The van der Waals surface area contributed by atoms with Crippen molar-refractivity contribution >= 4 is 43.9 Å². The lowest BCUT2D eigenvalue weighted by atomic mass is 10.1. The summed E-state index contributed by atoms with van der Waals surface area (Å²) in [4.78, 5) is 4.34. The van der Waals surface area contributed by atoms with Crippen molar-refractivity contribution in [1.82, 2.24) is 4.98 Å². The molecular formula is C16H14BrN3O. The molecule has 0 unspecified atom stereocenters. The molecule has 4 nitrogen and oxygen atoms in total. The Morgan fingerprint density at radius 3 is 2.81 bits per heavy atom. The SMILES string of the molecule is COc1cc(Br)cc(Nc2ccnc3cc(N)ccc23)c1. The van der Waals surface area contributed by atoms with E-state index in [9.17, 15) is 0 Å². The molecule has 3 aromatic rings. The topological polar surface area (TPSA) is 60.2 Å². The molecule has 0 fully saturated rings. The number of fused-ring (bicyclic) bond motifs is 1. The minimum Gasteiger partial charge on any atom is -0.497 e. The molecule has 0 aliphatic carbocycles. The number of hydrogen-bond donors (Lipinski definition) is 2. The minimum absolute atomic E-state index is 0.705. The Bertz CT molecular complexity index is 805. The van der Waals surface area contributed by atoms with Crippen LogP contribution in [0.25, 0.3) is 10.9 Å². The Morgan fingerprint density at radius 1 is 1.14 bits per heavy atom. The van der Waals surface area contributed by atoms with Crippen molar-refractivity contribution in [3.63, 3.8) is 0 Å². The van der Waals surface area contributed by atoms with Gasteiger partial charge in [0.25, 0.3) is 0 Å². The van der Waals surface area contributed by atoms with Gasteiger partial charge in [0, 0.05) is 39.2 Å². The molecule has 106 valence electrons. The van der Waals surface area contributed by atoms with Crippen molar-refractivity contribution in [2.45, 2.75) is 0 Å². The first-order chi connectivity index (χ1) is 10.2. The van der Waals surface area contributed by atoms with Crippen LogP contribution in [0.2, 0.25) is 0 Å². The van der Waals surface area contributed by atoms with E-state index in [-0.39, 0.29) is 0 Å². The monoisotopic (exact) mass is 343 g/mol. The smallest absolute Gasteiger partial charge is 0.122 e. The maximum atomic E-state index is 5.80. The van der Waals surface area contributed by atoms with Crippen molar-refractivity contribution < 1.29 is 4.74 Å². The molecule has 0 saturated carbocycles. The van der Waals surface area contributed by atoms with Crippen LogP contribution in [-0.4, -0.2) is 12.1 Å². The van der Waals surface area contributed by atoms with E-state index in [2.05, 4.69) is 26.2 Å². The van der Waals surface area contributed by atoms with Gasteiger partial charge in [-0.3, -0.25) is 4.98 Å². The number of benzene rings is 2. The molecule has 5 heteroatoms. The molecule has 3 rings (SSSR count). The first-order valence-corrected chi connectivity index (χ1v) is 7.21. The molecule has 1 aromatic heterocycles. The van der Waals surface area contributed by atoms with Crippen molar-refractivity contribution in [2.75, 3.05) is 18.2 Å². The number of nitrogens with zero attached hydrogens (tertiary/aromatic N) is 1. The van der Waals surface area contributed by atoms with E-state index < -0.39 is 0 Å². The van der Waals surface area contributed by atoms with Gasteiger partial charge in [-0.15, -0.1) is 0 Å². The summed E-state index contributed by atoms with van der Waals surface area (Å²) in [6.07, 6.45) is 1.76. The van der Waals surface area contributed by atoms with Crippen LogP contribution in [0.4, 0.5) is 17.1 Å². The predicted octanol–water partition coefficient (Wildman–Crippen LogP) is 4.33. The summed E-state index contributed by atoms with van der Waals surface area (Å²) in [5, 5.41) is 4.41. The Balaban J connectivity index is 2.04. The molecule has 0 spiro atoms. The number of halogens is 1. The van der Waals surface area contributed by atoms with Crippen molar-refractivity contribution in [2.24, 2.45) is 0 Å². The highest BCUT2D eigenvalue weighted by atomic mass is 79.9. The molecule has 0 atom stereocenters. The average Bonchev–Trinajstić information content (AvgIpc) is 2.46. The maximum absolute atomic E-state index is 5.80. The van der Waals surface area contributed by atoms with E-state index in [1.807, 2.05) is 42.5 Å². The summed E-state index contributed by atoms with van der Waals surface area (Å²) >= 11 is 3.48. The van der Waals surface area contributed by atoms with Crippen LogP contribution in [0.5, 0.6) is 5.75 Å². The van der Waals surface area contributed by atoms with Crippen LogP contribution >= 0.6 is 15.9 Å². The maximum Gasteiger partial charge on any atom is 0.122 e. The summed E-state index contributed by atoms with van der Waals surface area (Å²) in [6.45, 7) is 0. The van der Waals surface area contributed by atoms with Crippen LogP contribution < -0.4 is 15.8 Å². The minimum atomic E-state index is 0.705. The fraction of sp³-hybridized carbons (Fsp3) is 0.0625. The number of aromatic nitrogens is 1. The van der Waals surface area contributed by atoms with Crippen molar-refractivity contribution in [1.29, 1.82) is 0 Å². The molecule has 0 bridgehead atoms. The van der Waals surface area contributed by atoms with Crippen molar-refractivity contribution in [3.8, 4) is 5.75 Å². The van der Waals surface area contributed by atoms with Gasteiger partial charge in [0.15, 0.2) is 0 Å². The number of methoxy groups -OCH3 is 1. The third kappa shape index (κ3) is 2.92. The standard InChI is InChI=1S/C16H14BrN3O/c1-21-13-7-10(17)6-12(9-13)20-15-4-5-19-16-8-11(18)2-3-14(15)16/h2-9H,18H2,1H3,(H,19,20). The van der Waals surface area contributed by atoms with E-state index in [1.54, 1.807) is 13.3 Å². The zero-order valence-corrected chi connectivity index (χ0v) is 13.0. The van der Waals surface area contributed by atoms with Crippen LogP contribution in [0.1, 0.15) is 0 Å². The highest BCUT2D eigenvalue weighted by Gasteiger charge is 2.05. The van der Waals surface area contributed by atoms with Gasteiger partial charge < -0.3 is 15.8 Å². The van der Waals surface area contributed by atoms with E-state index >= 15 is 0 Å². The third-order valence-electron chi connectivity index (χ3n) is 3.15. The van der Waals surface area contributed by atoms with Gasteiger partial charge >= 0.3 is 0 Å². The van der Waals surface area contributed by atoms with Crippen LogP contribution in [0.15, 0.2) is 53.1 Å². The lowest BCUT2D eigenvalue weighted by Gasteiger charge is -2.11. The zero-order valence-electron chi connectivity index (χ0n) is 11.4. The fourth-order valence-electron chi connectivity index (χ4n) is 2.18. The molecule has 1 heterocycles. The summed E-state index contributed by atoms with van der Waals surface area (Å²) in [5.41, 5.74) is 9.28. The number of pyridine rings is 1. The molecular weight excluding hydrogens is 330 g/mol. The fourth-order valence-corrected chi connectivity index (χ4v) is 2.65. The Hall–Kier alpha value is -2.27. The average molecular weight is 344 g/mol. The first kappa shape index (κ1) is 13.7. The quantitative estimate of drug-likeness (QED) is 0.694. The van der Waals surface area contributed by atoms with Crippen LogP contribution in [0.3, 0.4) is 0 Å². The van der Waals surface area contributed by atoms with Crippen LogP contribution in [-0.2, 0) is 0 Å². The van der Waals surface area contributed by atoms with Crippen LogP contribution in [0, 0.1) is 0 Å². The number of nitrogen functional groups attached to an aromatic ring is 1. The van der Waals surface area contributed by atoms with Gasteiger partial charge in [-0.1, -0.05) is 15.9 Å². The first-order valence-electron chi connectivity index (χ1n) is 6.41. The molecule has 0 aliphatic heterocycles. The summed E-state index contributed by atoms with van der Waals surface area (Å²) in [5.74, 6) is 0.787. The van der Waals surface area contributed by atoms with Gasteiger partial charge in [0.1, 0.15) is 5.75 Å². The zero-order chi connectivity index (χ0) is 14.8. The van der Waals surface area contributed by atoms with E-state index in [0.717, 1.165) is 32.5 Å². The number of anilines is 3. The summed E-state index contributed by atoms with van der Waals surface area (Å²) < 4.78 is 6.23. The number of ether oxygens (including phenoxy) is 1. The summed E-state index contributed by atoms with van der Waals surface area (Å²) in [6, 6.07) is 13.5. The molecule has 0 radical (unpaired) electrons. The van der Waals surface area contributed by atoms with Gasteiger partial charge in [-0.25, -0.2) is 0 Å². The lowest BCUT2D eigenvalue weighted by molar-refractivity contribution is 0.415. The highest BCUT2D eigenvalue weighted by Crippen LogP contribution is 2.30. The molecule has 0 amide bonds. The van der Waals surface area contributed by atoms with E-state index in [4.69, 9.17) is 10.5 Å². The normalized spacial score (nSPS) is 10.6. The number of hydrogen-bond acceptors (Lipinski definition) is 4. The second kappa shape index (κ2) is 5.61. The largest absolute Gasteiger partial charge is 0.497 e. The molecule has 3 N–H and O–H groups in total. The molecule has 0 saturated heterocycles. The lowest BCUT2D eigenvalue weighted by Crippen LogP contribution is -1.94. The number of nitrogens with one attached hydrogen (secondary N) is 1. The van der Waals surface area contributed by atoms with Gasteiger partial charge in [0.2, 0.25) is 0 Å². The second-order valence-corrected chi connectivity index (χ2v) is 5.56. The highest BCUT2D eigenvalue weighted by molar-refractivity contribution is 9.10. The summed E-state index contributed by atoms with van der Waals surface area (Å²) in [7, 11) is 1.65. The van der Waals surface area contributed by atoms with Gasteiger partial charge in [-0.05, 0) is 36.4 Å².